The molecule has 0 radical (unpaired) electrons. The number of thiazole rings is 1. The van der Waals surface area contributed by atoms with Crippen molar-refractivity contribution in [1.29, 1.82) is 0 Å². The van der Waals surface area contributed by atoms with Crippen LogP contribution in [-0.2, 0) is 9.47 Å². The van der Waals surface area contributed by atoms with Gasteiger partial charge >= 0.3 is 5.97 Å². The van der Waals surface area contributed by atoms with E-state index in [2.05, 4.69) is 4.98 Å². The molecule has 1 aromatic heterocycles. The lowest BCUT2D eigenvalue weighted by Crippen LogP contribution is -2.29. The number of hydrogen-bond donors (Lipinski definition) is 1. The average molecular weight is 284 g/mol. The monoisotopic (exact) mass is 284 g/mol. The van der Waals surface area contributed by atoms with Gasteiger partial charge in [0.25, 0.3) is 0 Å². The van der Waals surface area contributed by atoms with Crippen molar-refractivity contribution >= 4 is 17.3 Å². The summed E-state index contributed by atoms with van der Waals surface area (Å²) in [5.41, 5.74) is 6.09. The van der Waals surface area contributed by atoms with E-state index in [4.69, 9.17) is 15.2 Å². The van der Waals surface area contributed by atoms with Crippen LogP contribution in [0, 0.1) is 0 Å². The maximum atomic E-state index is 12.0. The van der Waals surface area contributed by atoms with Crippen LogP contribution >= 0.6 is 11.3 Å². The van der Waals surface area contributed by atoms with Crippen molar-refractivity contribution in [2.45, 2.75) is 50.9 Å². The molecule has 3 unspecified atom stereocenters. The Morgan fingerprint density at radius 2 is 2.26 bits per heavy atom. The minimum atomic E-state index is -0.357. The molecule has 2 N–H and O–H groups in total. The van der Waals surface area contributed by atoms with Crippen LogP contribution in [0.5, 0.6) is 0 Å². The third-order valence-corrected chi connectivity index (χ3v) is 4.35. The molecule has 0 aromatic carbocycles. The molecule has 0 bridgehead atoms. The van der Waals surface area contributed by atoms with E-state index in [1.165, 1.54) is 11.3 Å². The summed E-state index contributed by atoms with van der Waals surface area (Å²) in [7, 11) is 1.70. The van der Waals surface area contributed by atoms with Gasteiger partial charge in [-0.3, -0.25) is 0 Å². The van der Waals surface area contributed by atoms with Crippen molar-refractivity contribution in [3.8, 4) is 0 Å². The second kappa shape index (κ2) is 6.45. The van der Waals surface area contributed by atoms with Crippen molar-refractivity contribution < 1.29 is 14.3 Å². The van der Waals surface area contributed by atoms with Crippen molar-refractivity contribution in [2.24, 2.45) is 5.73 Å². The van der Waals surface area contributed by atoms with E-state index in [-0.39, 0.29) is 24.2 Å². The maximum absolute atomic E-state index is 12.0. The summed E-state index contributed by atoms with van der Waals surface area (Å²) in [5, 5.41) is 2.46. The summed E-state index contributed by atoms with van der Waals surface area (Å²) in [6.45, 7) is 1.85. The quantitative estimate of drug-likeness (QED) is 0.859. The molecule has 0 amide bonds. The predicted molar refractivity (Wildman–Crippen MR) is 73.2 cm³/mol. The Bertz CT molecular complexity index is 433. The zero-order valence-electron chi connectivity index (χ0n) is 11.3. The molecule has 0 spiro atoms. The maximum Gasteiger partial charge on any atom is 0.358 e. The number of carbonyl (C=O) groups is 1. The Hall–Kier alpha value is -0.980. The Morgan fingerprint density at radius 1 is 1.53 bits per heavy atom. The molecule has 1 fully saturated rings. The minimum absolute atomic E-state index is 0.0633. The summed E-state index contributed by atoms with van der Waals surface area (Å²) in [6.07, 6.45) is 3.87. The van der Waals surface area contributed by atoms with Crippen molar-refractivity contribution in [3.05, 3.63) is 16.1 Å². The second-order valence-electron chi connectivity index (χ2n) is 4.91. The summed E-state index contributed by atoms with van der Waals surface area (Å²) >= 11 is 1.39. The van der Waals surface area contributed by atoms with Gasteiger partial charge in [-0.2, -0.15) is 0 Å². The summed E-state index contributed by atoms with van der Waals surface area (Å²) < 4.78 is 10.8. The van der Waals surface area contributed by atoms with E-state index >= 15 is 0 Å². The number of hydrogen-bond acceptors (Lipinski definition) is 6. The van der Waals surface area contributed by atoms with Gasteiger partial charge in [0.05, 0.1) is 12.1 Å². The highest BCUT2D eigenvalue weighted by Crippen LogP contribution is 2.24. The first-order valence-corrected chi connectivity index (χ1v) is 7.43. The molecule has 1 saturated carbocycles. The van der Waals surface area contributed by atoms with E-state index in [0.717, 1.165) is 30.7 Å². The van der Waals surface area contributed by atoms with Gasteiger partial charge in [-0.25, -0.2) is 9.78 Å². The zero-order chi connectivity index (χ0) is 13.8. The fraction of sp³-hybridized carbons (Fsp3) is 0.692. The molecule has 3 atom stereocenters. The molecule has 1 aliphatic rings. The fourth-order valence-electron chi connectivity index (χ4n) is 2.23. The third kappa shape index (κ3) is 3.75. The normalized spacial score (nSPS) is 25.0. The first-order chi connectivity index (χ1) is 9.10. The highest BCUT2D eigenvalue weighted by Gasteiger charge is 2.26. The SMILES string of the molecule is COC1CCCC(OC(=O)c2csc(C(C)N)n2)C1. The molecular formula is C13H20N2O3S. The summed E-state index contributed by atoms with van der Waals surface area (Å²) in [4.78, 5) is 16.2. The Labute approximate surface area is 117 Å². The first-order valence-electron chi connectivity index (χ1n) is 6.55. The first kappa shape index (κ1) is 14.4. The van der Waals surface area contributed by atoms with Gasteiger partial charge in [-0.05, 0) is 26.2 Å². The molecule has 1 aliphatic carbocycles. The number of nitrogens with zero attached hydrogens (tertiary/aromatic N) is 1. The van der Waals surface area contributed by atoms with Crippen LogP contribution in [0.25, 0.3) is 0 Å². The molecule has 1 aromatic rings. The fourth-order valence-corrected chi connectivity index (χ4v) is 2.97. The molecule has 2 rings (SSSR count). The second-order valence-corrected chi connectivity index (χ2v) is 5.80. The van der Waals surface area contributed by atoms with Crippen LogP contribution in [0.1, 0.15) is 54.1 Å². The lowest BCUT2D eigenvalue weighted by molar-refractivity contribution is -0.0152. The summed E-state index contributed by atoms with van der Waals surface area (Å²) in [6, 6.07) is -0.154. The smallest absolute Gasteiger partial charge is 0.358 e. The van der Waals surface area contributed by atoms with Gasteiger partial charge in [-0.15, -0.1) is 11.3 Å². The van der Waals surface area contributed by atoms with Crippen LogP contribution in [0.3, 0.4) is 0 Å². The van der Waals surface area contributed by atoms with E-state index in [1.54, 1.807) is 12.5 Å². The molecule has 0 saturated heterocycles. The van der Waals surface area contributed by atoms with Crippen molar-refractivity contribution in [1.82, 2.24) is 4.98 Å². The molecule has 0 aliphatic heterocycles. The van der Waals surface area contributed by atoms with E-state index in [1.807, 2.05) is 6.92 Å². The lowest BCUT2D eigenvalue weighted by atomic mass is 9.95. The standard InChI is InChI=1S/C13H20N2O3S/c1-8(14)12-15-11(7-19-12)13(16)18-10-5-3-4-9(6-10)17-2/h7-10H,3-6,14H2,1-2H3. The van der Waals surface area contributed by atoms with E-state index in [0.29, 0.717) is 5.69 Å². The highest BCUT2D eigenvalue weighted by molar-refractivity contribution is 7.09. The molecule has 5 nitrogen and oxygen atoms in total. The van der Waals surface area contributed by atoms with Crippen LogP contribution in [0.4, 0.5) is 0 Å². The number of ether oxygens (including phenoxy) is 2. The van der Waals surface area contributed by atoms with Crippen LogP contribution < -0.4 is 5.73 Å². The van der Waals surface area contributed by atoms with Gasteiger partial charge in [-0.1, -0.05) is 0 Å². The minimum Gasteiger partial charge on any atom is -0.458 e. The predicted octanol–water partition coefficient (Wildman–Crippen LogP) is 2.28. The zero-order valence-corrected chi connectivity index (χ0v) is 12.1. The van der Waals surface area contributed by atoms with Crippen molar-refractivity contribution in [2.75, 3.05) is 7.11 Å². The van der Waals surface area contributed by atoms with Gasteiger partial charge in [0.1, 0.15) is 11.1 Å². The Balaban J connectivity index is 1.92. The molecule has 6 heteroatoms. The molecule has 106 valence electrons. The van der Waals surface area contributed by atoms with Crippen LogP contribution in [-0.4, -0.2) is 30.3 Å². The number of nitrogens with two attached hydrogens (primary N) is 1. The molecular weight excluding hydrogens is 264 g/mol. The Morgan fingerprint density at radius 3 is 2.89 bits per heavy atom. The number of esters is 1. The van der Waals surface area contributed by atoms with E-state index < -0.39 is 0 Å². The van der Waals surface area contributed by atoms with Gasteiger partial charge in [0.2, 0.25) is 0 Å². The number of carbonyl (C=O) groups excluding carboxylic acids is 1. The molecule has 1 heterocycles. The van der Waals surface area contributed by atoms with Gasteiger partial charge in [0.15, 0.2) is 5.69 Å². The van der Waals surface area contributed by atoms with Crippen LogP contribution in [0.2, 0.25) is 0 Å². The number of aromatic nitrogens is 1. The topological polar surface area (TPSA) is 74.4 Å². The van der Waals surface area contributed by atoms with E-state index in [9.17, 15) is 4.79 Å². The van der Waals surface area contributed by atoms with Crippen molar-refractivity contribution in [3.63, 3.8) is 0 Å². The van der Waals surface area contributed by atoms with Gasteiger partial charge in [0, 0.05) is 18.9 Å². The van der Waals surface area contributed by atoms with Crippen LogP contribution in [0.15, 0.2) is 5.38 Å². The Kier molecular flexibility index (Phi) is 4.90. The number of rotatable bonds is 4. The summed E-state index contributed by atoms with van der Waals surface area (Å²) in [5.74, 6) is -0.357. The lowest BCUT2D eigenvalue weighted by Gasteiger charge is -2.27. The third-order valence-electron chi connectivity index (χ3n) is 3.31. The number of methoxy groups -OCH3 is 1. The average Bonchev–Trinajstić information content (AvgIpc) is 2.89. The highest BCUT2D eigenvalue weighted by atomic mass is 32.1. The van der Waals surface area contributed by atoms with Gasteiger partial charge < -0.3 is 15.2 Å². The molecule has 19 heavy (non-hydrogen) atoms. The largest absolute Gasteiger partial charge is 0.458 e.